The number of hydrogen-bond donors (Lipinski definition) is 1. The van der Waals surface area contributed by atoms with Crippen molar-refractivity contribution in [2.24, 2.45) is 0 Å². The van der Waals surface area contributed by atoms with Crippen LogP contribution in [0.3, 0.4) is 0 Å². The summed E-state index contributed by atoms with van der Waals surface area (Å²) in [4.78, 5) is 13.9. The number of anilines is 1. The summed E-state index contributed by atoms with van der Waals surface area (Å²) in [5.41, 5.74) is 11.1. The fourth-order valence-corrected chi connectivity index (χ4v) is 4.51. The Labute approximate surface area is 147 Å². The molecule has 1 aromatic carbocycles. The highest BCUT2D eigenvalue weighted by Crippen LogP contribution is 2.40. The van der Waals surface area contributed by atoms with Crippen LogP contribution >= 0.6 is 11.3 Å². The van der Waals surface area contributed by atoms with Gasteiger partial charge < -0.3 is 10.5 Å². The Morgan fingerprint density at radius 3 is 2.54 bits per heavy atom. The van der Waals surface area contributed by atoms with Gasteiger partial charge >= 0.3 is 5.97 Å². The Morgan fingerprint density at radius 2 is 1.88 bits per heavy atom. The lowest BCUT2D eigenvalue weighted by Crippen LogP contribution is -2.21. The number of carbonyl (C=O) groups excluding carboxylic acids is 1. The smallest absolute Gasteiger partial charge is 0.342 e. The maximum absolute atomic E-state index is 12.8. The van der Waals surface area contributed by atoms with E-state index in [9.17, 15) is 4.79 Å². The molecule has 2 N–H and O–H groups in total. The second-order valence-electron chi connectivity index (χ2n) is 6.76. The van der Waals surface area contributed by atoms with E-state index in [1.165, 1.54) is 23.3 Å². The van der Waals surface area contributed by atoms with Crippen molar-refractivity contribution in [2.75, 3.05) is 5.73 Å². The minimum Gasteiger partial charge on any atom is -0.459 e. The van der Waals surface area contributed by atoms with Crippen LogP contribution in [0.4, 0.5) is 5.00 Å². The predicted octanol–water partition coefficient (Wildman–Crippen LogP) is 5.41. The molecule has 0 atom stereocenters. The molecule has 0 aliphatic heterocycles. The lowest BCUT2D eigenvalue weighted by atomic mass is 9.95. The van der Waals surface area contributed by atoms with Gasteiger partial charge in [0, 0.05) is 10.4 Å². The molecule has 1 aliphatic carbocycles. The molecule has 0 bridgehead atoms. The van der Waals surface area contributed by atoms with Crippen LogP contribution < -0.4 is 5.73 Å². The van der Waals surface area contributed by atoms with Gasteiger partial charge in [-0.05, 0) is 57.6 Å². The van der Waals surface area contributed by atoms with E-state index >= 15 is 0 Å². The van der Waals surface area contributed by atoms with E-state index in [0.717, 1.165) is 47.3 Å². The molecule has 128 valence electrons. The van der Waals surface area contributed by atoms with E-state index < -0.39 is 0 Å². The van der Waals surface area contributed by atoms with Gasteiger partial charge in [0.25, 0.3) is 0 Å². The van der Waals surface area contributed by atoms with Gasteiger partial charge in [0.2, 0.25) is 0 Å². The van der Waals surface area contributed by atoms with Gasteiger partial charge in [-0.2, -0.15) is 0 Å². The van der Waals surface area contributed by atoms with Crippen molar-refractivity contribution in [3.8, 4) is 11.1 Å². The summed E-state index contributed by atoms with van der Waals surface area (Å²) in [6, 6.07) is 6.29. The second-order valence-corrected chi connectivity index (χ2v) is 8.01. The number of carbonyl (C=O) groups is 1. The molecule has 2 aromatic rings. The van der Waals surface area contributed by atoms with E-state index in [-0.39, 0.29) is 12.1 Å². The fraction of sp³-hybridized carbons (Fsp3) is 0.450. The molecule has 0 unspecified atom stereocenters. The molecular weight excluding hydrogens is 318 g/mol. The molecule has 0 radical (unpaired) electrons. The molecule has 24 heavy (non-hydrogen) atoms. The van der Waals surface area contributed by atoms with Crippen LogP contribution in [-0.4, -0.2) is 12.1 Å². The molecule has 3 nitrogen and oxygen atoms in total. The van der Waals surface area contributed by atoms with Crippen molar-refractivity contribution >= 4 is 22.3 Å². The average Bonchev–Trinajstić information content (AvgIpc) is 2.82. The quantitative estimate of drug-likeness (QED) is 0.758. The van der Waals surface area contributed by atoms with Gasteiger partial charge in [-0.3, -0.25) is 0 Å². The fourth-order valence-electron chi connectivity index (χ4n) is 3.58. The van der Waals surface area contributed by atoms with Crippen LogP contribution in [0, 0.1) is 20.8 Å². The van der Waals surface area contributed by atoms with Gasteiger partial charge in [-0.1, -0.05) is 30.2 Å². The Kier molecular flexibility index (Phi) is 4.95. The van der Waals surface area contributed by atoms with Crippen molar-refractivity contribution in [3.63, 3.8) is 0 Å². The van der Waals surface area contributed by atoms with Crippen LogP contribution in [0.2, 0.25) is 0 Å². The van der Waals surface area contributed by atoms with Crippen molar-refractivity contribution < 1.29 is 9.53 Å². The summed E-state index contributed by atoms with van der Waals surface area (Å²) in [6.45, 7) is 6.17. The maximum atomic E-state index is 12.8. The average molecular weight is 343 g/mol. The third kappa shape index (κ3) is 3.34. The number of benzene rings is 1. The maximum Gasteiger partial charge on any atom is 0.342 e. The van der Waals surface area contributed by atoms with E-state index in [0.29, 0.717) is 10.6 Å². The Bertz CT molecular complexity index is 757. The normalized spacial score (nSPS) is 15.5. The zero-order valence-electron chi connectivity index (χ0n) is 14.6. The van der Waals surface area contributed by atoms with Gasteiger partial charge in [-0.25, -0.2) is 4.79 Å². The molecule has 0 amide bonds. The van der Waals surface area contributed by atoms with Crippen molar-refractivity contribution in [3.05, 3.63) is 39.8 Å². The monoisotopic (exact) mass is 343 g/mol. The summed E-state index contributed by atoms with van der Waals surface area (Å²) in [5, 5.41) is 0.559. The SMILES string of the molecule is Cc1ccc(-c2c(C)sc(N)c2C(=O)OC2CCCCC2)c(C)c1. The molecule has 1 heterocycles. The summed E-state index contributed by atoms with van der Waals surface area (Å²) in [5.74, 6) is -0.265. The van der Waals surface area contributed by atoms with Gasteiger partial charge in [-0.15, -0.1) is 11.3 Å². The standard InChI is InChI=1S/C20H25NO2S/c1-12-9-10-16(13(2)11-12)17-14(3)24-19(21)18(17)20(22)23-15-7-5-4-6-8-15/h9-11,15H,4-8,21H2,1-3H3. The number of aryl methyl sites for hydroxylation is 3. The number of rotatable bonds is 3. The molecule has 1 aliphatic rings. The first-order valence-corrected chi connectivity index (χ1v) is 9.46. The summed E-state index contributed by atoms with van der Waals surface area (Å²) in [7, 11) is 0. The number of ether oxygens (including phenoxy) is 1. The van der Waals surface area contributed by atoms with E-state index in [2.05, 4.69) is 32.0 Å². The third-order valence-electron chi connectivity index (χ3n) is 4.79. The predicted molar refractivity (Wildman–Crippen MR) is 101 cm³/mol. The lowest BCUT2D eigenvalue weighted by Gasteiger charge is -2.22. The van der Waals surface area contributed by atoms with E-state index in [1.807, 2.05) is 6.92 Å². The topological polar surface area (TPSA) is 52.3 Å². The van der Waals surface area contributed by atoms with E-state index in [1.54, 1.807) is 0 Å². The van der Waals surface area contributed by atoms with Crippen LogP contribution in [-0.2, 0) is 4.74 Å². The van der Waals surface area contributed by atoms with Gasteiger partial charge in [0.05, 0.1) is 0 Å². The molecule has 3 rings (SSSR count). The molecule has 0 saturated heterocycles. The second kappa shape index (κ2) is 6.98. The van der Waals surface area contributed by atoms with Gasteiger partial charge in [0.15, 0.2) is 0 Å². The highest BCUT2D eigenvalue weighted by Gasteiger charge is 2.26. The van der Waals surface area contributed by atoms with Crippen molar-refractivity contribution in [1.82, 2.24) is 0 Å². The molecular formula is C20H25NO2S. The molecule has 4 heteroatoms. The van der Waals surface area contributed by atoms with Gasteiger partial charge in [0.1, 0.15) is 16.7 Å². The van der Waals surface area contributed by atoms with Crippen LogP contribution in [0.25, 0.3) is 11.1 Å². The van der Waals surface area contributed by atoms with E-state index in [4.69, 9.17) is 10.5 Å². The van der Waals surface area contributed by atoms with Crippen molar-refractivity contribution in [1.29, 1.82) is 0 Å². The number of esters is 1. The molecule has 1 aromatic heterocycles. The summed E-state index contributed by atoms with van der Waals surface area (Å²) >= 11 is 1.47. The minimum atomic E-state index is -0.265. The molecule has 0 spiro atoms. The first kappa shape index (κ1) is 17.0. The minimum absolute atomic E-state index is 0.0396. The highest BCUT2D eigenvalue weighted by atomic mass is 32.1. The van der Waals surface area contributed by atoms with Crippen LogP contribution in [0.1, 0.15) is 58.5 Å². The first-order chi connectivity index (χ1) is 11.5. The Balaban J connectivity index is 1.97. The Hall–Kier alpha value is -1.81. The zero-order valence-corrected chi connectivity index (χ0v) is 15.5. The number of nitrogens with two attached hydrogens (primary N) is 1. The number of thiophene rings is 1. The summed E-state index contributed by atoms with van der Waals surface area (Å²) < 4.78 is 5.79. The molecule has 1 saturated carbocycles. The zero-order chi connectivity index (χ0) is 17.3. The number of hydrogen-bond acceptors (Lipinski definition) is 4. The third-order valence-corrected chi connectivity index (χ3v) is 5.73. The number of nitrogen functional groups attached to an aromatic ring is 1. The highest BCUT2D eigenvalue weighted by molar-refractivity contribution is 7.16. The van der Waals surface area contributed by atoms with Crippen LogP contribution in [0.5, 0.6) is 0 Å². The largest absolute Gasteiger partial charge is 0.459 e. The van der Waals surface area contributed by atoms with Crippen molar-refractivity contribution in [2.45, 2.75) is 59.0 Å². The Morgan fingerprint density at radius 1 is 1.17 bits per heavy atom. The summed E-state index contributed by atoms with van der Waals surface area (Å²) in [6.07, 6.45) is 5.49. The molecule has 1 fully saturated rings. The first-order valence-electron chi connectivity index (χ1n) is 8.65. The lowest BCUT2D eigenvalue weighted by molar-refractivity contribution is 0.0214. The van der Waals surface area contributed by atoms with Crippen LogP contribution in [0.15, 0.2) is 18.2 Å².